The molecule has 0 heterocycles. The van der Waals surface area contributed by atoms with Crippen molar-refractivity contribution in [2.45, 2.75) is 40.5 Å². The Kier molecular flexibility index (Phi) is 3.00. The molecule has 0 atom stereocenters. The quantitative estimate of drug-likeness (QED) is 0.589. The van der Waals surface area contributed by atoms with Crippen molar-refractivity contribution in [2.75, 3.05) is 0 Å². The maximum atomic E-state index is 2.30. The zero-order valence-corrected chi connectivity index (χ0v) is 10.7. The molecule has 16 heavy (non-hydrogen) atoms. The number of hydrogen-bond donors (Lipinski definition) is 0. The van der Waals surface area contributed by atoms with Gasteiger partial charge >= 0.3 is 0 Å². The van der Waals surface area contributed by atoms with Gasteiger partial charge in [-0.1, -0.05) is 24.3 Å². The third-order valence-corrected chi connectivity index (χ3v) is 3.79. The number of allylic oxidation sites excluding steroid dienone is 4. The molecule has 0 saturated heterocycles. The Morgan fingerprint density at radius 1 is 1.00 bits per heavy atom. The van der Waals surface area contributed by atoms with E-state index in [1.54, 1.807) is 5.56 Å². The number of aryl methyl sites for hydroxylation is 1. The minimum absolute atomic E-state index is 1.15. The van der Waals surface area contributed by atoms with Crippen LogP contribution in [0.3, 0.4) is 0 Å². The molecule has 1 aliphatic rings. The third-order valence-electron chi connectivity index (χ3n) is 3.79. The molecule has 1 aliphatic carbocycles. The molecular weight excluding hydrogens is 192 g/mol. The van der Waals surface area contributed by atoms with Crippen LogP contribution in [0.15, 0.2) is 29.9 Å². The summed E-state index contributed by atoms with van der Waals surface area (Å²) in [6.45, 7) is 8.90. The van der Waals surface area contributed by atoms with Crippen LogP contribution in [0.2, 0.25) is 0 Å². The van der Waals surface area contributed by atoms with Gasteiger partial charge in [-0.25, -0.2) is 0 Å². The predicted molar refractivity (Wildman–Crippen MR) is 71.6 cm³/mol. The van der Waals surface area contributed by atoms with Gasteiger partial charge in [0.15, 0.2) is 0 Å². The molecule has 0 spiro atoms. The highest BCUT2D eigenvalue weighted by Crippen LogP contribution is 2.29. The summed E-state index contributed by atoms with van der Waals surface area (Å²) in [6.07, 6.45) is 6.88. The lowest BCUT2D eigenvalue weighted by atomic mass is 9.87. The van der Waals surface area contributed by atoms with Gasteiger partial charge in [0.1, 0.15) is 0 Å². The standard InChI is InChI=1S/C16H20/c1-11-7-5-6-8-15-14(4)12(2)9-10-16(15)13(11)3/h5,7,9-10H,6,8H2,1-4H3/b7-5-,13-11-. The normalized spacial score (nSPS) is 22.2. The van der Waals surface area contributed by atoms with Gasteiger partial charge in [0.2, 0.25) is 0 Å². The average molecular weight is 212 g/mol. The van der Waals surface area contributed by atoms with Crippen LogP contribution in [-0.2, 0) is 6.42 Å². The number of hydrogen-bond acceptors (Lipinski definition) is 0. The lowest BCUT2D eigenvalue weighted by Crippen LogP contribution is -2.00. The topological polar surface area (TPSA) is 0 Å². The maximum absolute atomic E-state index is 2.30. The van der Waals surface area contributed by atoms with Gasteiger partial charge in [0, 0.05) is 0 Å². The van der Waals surface area contributed by atoms with E-state index in [-0.39, 0.29) is 0 Å². The molecule has 0 amide bonds. The van der Waals surface area contributed by atoms with E-state index in [9.17, 15) is 0 Å². The van der Waals surface area contributed by atoms with Crippen molar-refractivity contribution in [1.29, 1.82) is 0 Å². The van der Waals surface area contributed by atoms with E-state index in [1.807, 2.05) is 0 Å². The van der Waals surface area contributed by atoms with Gasteiger partial charge in [0.05, 0.1) is 0 Å². The Hall–Kier alpha value is -1.30. The summed E-state index contributed by atoms with van der Waals surface area (Å²) in [6, 6.07) is 4.53. The lowest BCUT2D eigenvalue weighted by Gasteiger charge is -2.17. The predicted octanol–water partition coefficient (Wildman–Crippen LogP) is 4.60. The van der Waals surface area contributed by atoms with Gasteiger partial charge in [-0.05, 0) is 73.9 Å². The molecule has 0 N–H and O–H groups in total. The molecular formula is C16H20. The first-order valence-electron chi connectivity index (χ1n) is 6.04. The fourth-order valence-electron chi connectivity index (χ4n) is 2.37. The van der Waals surface area contributed by atoms with Gasteiger partial charge in [-0.15, -0.1) is 0 Å². The molecule has 0 saturated carbocycles. The first-order chi connectivity index (χ1) is 7.61. The third kappa shape index (κ3) is 1.84. The van der Waals surface area contributed by atoms with Crippen LogP contribution in [-0.4, -0.2) is 0 Å². The summed E-state index contributed by atoms with van der Waals surface area (Å²) >= 11 is 0. The van der Waals surface area contributed by atoms with Crippen molar-refractivity contribution in [3.8, 4) is 0 Å². The van der Waals surface area contributed by atoms with Crippen LogP contribution in [0.5, 0.6) is 0 Å². The minimum Gasteiger partial charge on any atom is -0.0839 e. The van der Waals surface area contributed by atoms with Gasteiger partial charge in [0.25, 0.3) is 0 Å². The van der Waals surface area contributed by atoms with Crippen molar-refractivity contribution >= 4 is 5.57 Å². The van der Waals surface area contributed by atoms with Crippen molar-refractivity contribution < 1.29 is 0 Å². The molecule has 1 aromatic carbocycles. The van der Waals surface area contributed by atoms with Crippen molar-refractivity contribution in [1.82, 2.24) is 0 Å². The molecule has 1 aromatic rings. The summed E-state index contributed by atoms with van der Waals surface area (Å²) in [4.78, 5) is 0. The fraction of sp³-hybridized carbons (Fsp3) is 0.375. The first kappa shape index (κ1) is 11.2. The molecule has 0 unspecified atom stereocenters. The maximum Gasteiger partial charge on any atom is -0.0190 e. The zero-order chi connectivity index (χ0) is 11.7. The van der Waals surface area contributed by atoms with E-state index in [4.69, 9.17) is 0 Å². The summed E-state index contributed by atoms with van der Waals surface area (Å²) in [5.41, 5.74) is 8.69. The number of fused-ring (bicyclic) bond motifs is 1. The number of rotatable bonds is 0. The zero-order valence-electron chi connectivity index (χ0n) is 10.7. The van der Waals surface area contributed by atoms with E-state index in [0.717, 1.165) is 6.42 Å². The Morgan fingerprint density at radius 2 is 1.75 bits per heavy atom. The number of benzene rings is 1. The summed E-state index contributed by atoms with van der Waals surface area (Å²) in [7, 11) is 0. The lowest BCUT2D eigenvalue weighted by molar-refractivity contribution is 0.969. The Labute approximate surface area is 98.7 Å². The second-order valence-electron chi connectivity index (χ2n) is 4.78. The molecule has 0 radical (unpaired) electrons. The summed E-state index contributed by atoms with van der Waals surface area (Å²) in [5.74, 6) is 0. The Morgan fingerprint density at radius 3 is 2.50 bits per heavy atom. The Balaban J connectivity index is 2.68. The van der Waals surface area contributed by atoms with E-state index < -0.39 is 0 Å². The SMILES string of the molecule is CC1=C(\C)c2ccc(C)c(C)c2CC/C=C\1. The van der Waals surface area contributed by atoms with Crippen molar-refractivity contribution in [2.24, 2.45) is 0 Å². The Bertz CT molecular complexity index is 473. The van der Waals surface area contributed by atoms with Crippen LogP contribution < -0.4 is 0 Å². The molecule has 0 aromatic heterocycles. The molecule has 0 aliphatic heterocycles. The van der Waals surface area contributed by atoms with Crippen LogP contribution >= 0.6 is 0 Å². The van der Waals surface area contributed by atoms with E-state index in [1.165, 1.54) is 34.3 Å². The molecule has 84 valence electrons. The van der Waals surface area contributed by atoms with Crippen LogP contribution in [0.1, 0.15) is 42.5 Å². The molecule has 0 bridgehead atoms. The highest BCUT2D eigenvalue weighted by molar-refractivity contribution is 5.72. The average Bonchev–Trinajstić information content (AvgIpc) is 2.27. The van der Waals surface area contributed by atoms with Crippen LogP contribution in [0.25, 0.3) is 5.57 Å². The van der Waals surface area contributed by atoms with E-state index in [2.05, 4.69) is 52.0 Å². The monoisotopic (exact) mass is 212 g/mol. The van der Waals surface area contributed by atoms with Crippen LogP contribution in [0, 0.1) is 13.8 Å². The molecule has 0 heteroatoms. The summed E-state index contributed by atoms with van der Waals surface area (Å²) in [5, 5.41) is 0. The second kappa shape index (κ2) is 4.29. The van der Waals surface area contributed by atoms with E-state index in [0.29, 0.717) is 0 Å². The van der Waals surface area contributed by atoms with Crippen LogP contribution in [0.4, 0.5) is 0 Å². The molecule has 0 fully saturated rings. The highest BCUT2D eigenvalue weighted by Gasteiger charge is 2.11. The summed E-state index contributed by atoms with van der Waals surface area (Å²) < 4.78 is 0. The van der Waals surface area contributed by atoms with Crippen molar-refractivity contribution in [3.63, 3.8) is 0 Å². The smallest absolute Gasteiger partial charge is 0.0190 e. The second-order valence-corrected chi connectivity index (χ2v) is 4.78. The largest absolute Gasteiger partial charge is 0.0839 e. The fourth-order valence-corrected chi connectivity index (χ4v) is 2.37. The highest BCUT2D eigenvalue weighted by atomic mass is 14.2. The van der Waals surface area contributed by atoms with E-state index >= 15 is 0 Å². The molecule has 0 nitrogen and oxygen atoms in total. The van der Waals surface area contributed by atoms with Gasteiger partial charge in [-0.2, -0.15) is 0 Å². The van der Waals surface area contributed by atoms with Gasteiger partial charge < -0.3 is 0 Å². The van der Waals surface area contributed by atoms with Crippen molar-refractivity contribution in [3.05, 3.63) is 52.1 Å². The first-order valence-corrected chi connectivity index (χ1v) is 6.04. The molecule has 2 rings (SSSR count). The van der Waals surface area contributed by atoms with Gasteiger partial charge in [-0.3, -0.25) is 0 Å². The minimum atomic E-state index is 1.15.